The summed E-state index contributed by atoms with van der Waals surface area (Å²) in [6.07, 6.45) is 0. The molecule has 0 aromatic heterocycles. The standard InChI is InChI=1S/C7H12F3NO4S/c1-4-11(6(2,3)5(12)13)16(14,15)7(8,9)10/h4H2,1-3H3,(H,12,13). The van der Waals surface area contributed by atoms with Gasteiger partial charge in [0.05, 0.1) is 0 Å². The van der Waals surface area contributed by atoms with Gasteiger partial charge in [-0.25, -0.2) is 8.42 Å². The molecule has 0 aliphatic rings. The van der Waals surface area contributed by atoms with E-state index in [1.807, 2.05) is 0 Å². The lowest BCUT2D eigenvalue weighted by Gasteiger charge is -2.33. The molecule has 96 valence electrons. The highest BCUT2D eigenvalue weighted by Gasteiger charge is 2.55. The molecular formula is C7H12F3NO4S. The minimum atomic E-state index is -5.64. The maximum Gasteiger partial charge on any atom is 0.511 e. The first-order chi connectivity index (χ1) is 6.89. The van der Waals surface area contributed by atoms with E-state index in [1.165, 1.54) is 0 Å². The third-order valence-electron chi connectivity index (χ3n) is 2.02. The highest BCUT2D eigenvalue weighted by atomic mass is 32.2. The summed E-state index contributed by atoms with van der Waals surface area (Å²) in [5.74, 6) is -1.65. The zero-order valence-electron chi connectivity index (χ0n) is 8.87. The number of sulfonamides is 1. The number of halogens is 3. The number of alkyl halides is 3. The van der Waals surface area contributed by atoms with Gasteiger partial charge in [0, 0.05) is 6.54 Å². The molecule has 0 aromatic carbocycles. The average molecular weight is 263 g/mol. The van der Waals surface area contributed by atoms with Gasteiger partial charge in [-0.1, -0.05) is 6.92 Å². The zero-order chi connectivity index (χ0) is 13.4. The largest absolute Gasteiger partial charge is 0.511 e. The number of rotatable bonds is 4. The number of carbonyl (C=O) groups is 1. The molecule has 0 amide bonds. The van der Waals surface area contributed by atoms with Crippen molar-refractivity contribution in [3.8, 4) is 0 Å². The fourth-order valence-electron chi connectivity index (χ4n) is 1.10. The SMILES string of the molecule is CCN(C(C)(C)C(=O)O)S(=O)(=O)C(F)(F)F. The Hall–Kier alpha value is -0.830. The molecule has 0 heterocycles. The van der Waals surface area contributed by atoms with Crippen molar-refractivity contribution in [2.24, 2.45) is 0 Å². The number of aliphatic carboxylic acids is 1. The number of nitrogens with zero attached hydrogens (tertiary/aromatic N) is 1. The van der Waals surface area contributed by atoms with Crippen LogP contribution < -0.4 is 0 Å². The lowest BCUT2D eigenvalue weighted by Crippen LogP contribution is -2.56. The monoisotopic (exact) mass is 263 g/mol. The molecule has 16 heavy (non-hydrogen) atoms. The van der Waals surface area contributed by atoms with Gasteiger partial charge in [-0.05, 0) is 13.8 Å². The minimum Gasteiger partial charge on any atom is -0.480 e. The highest BCUT2D eigenvalue weighted by Crippen LogP contribution is 2.31. The summed E-state index contributed by atoms with van der Waals surface area (Å²) in [5, 5.41) is 8.70. The molecule has 9 heteroatoms. The topological polar surface area (TPSA) is 74.7 Å². The normalized spacial score (nSPS) is 14.2. The predicted octanol–water partition coefficient (Wildman–Crippen LogP) is 1.02. The van der Waals surface area contributed by atoms with E-state index in [0.717, 1.165) is 20.8 Å². The van der Waals surface area contributed by atoms with Crippen molar-refractivity contribution in [1.29, 1.82) is 0 Å². The number of carboxylic acids is 1. The average Bonchev–Trinajstić information content (AvgIpc) is 2.01. The van der Waals surface area contributed by atoms with Gasteiger partial charge < -0.3 is 5.11 Å². The Kier molecular flexibility index (Phi) is 3.99. The molecule has 0 saturated heterocycles. The number of hydrogen-bond donors (Lipinski definition) is 1. The quantitative estimate of drug-likeness (QED) is 0.821. The predicted molar refractivity (Wildman–Crippen MR) is 49.1 cm³/mol. The van der Waals surface area contributed by atoms with Crippen LogP contribution in [-0.2, 0) is 14.8 Å². The van der Waals surface area contributed by atoms with Gasteiger partial charge in [0.25, 0.3) is 0 Å². The highest BCUT2D eigenvalue weighted by molar-refractivity contribution is 7.90. The summed E-state index contributed by atoms with van der Waals surface area (Å²) in [5.41, 5.74) is -7.65. The molecular weight excluding hydrogens is 251 g/mol. The second-order valence-corrected chi connectivity index (χ2v) is 5.33. The van der Waals surface area contributed by atoms with Crippen molar-refractivity contribution in [2.45, 2.75) is 31.8 Å². The van der Waals surface area contributed by atoms with Gasteiger partial charge in [-0.2, -0.15) is 17.5 Å². The van der Waals surface area contributed by atoms with Crippen molar-refractivity contribution in [1.82, 2.24) is 4.31 Å². The zero-order valence-corrected chi connectivity index (χ0v) is 9.68. The lowest BCUT2D eigenvalue weighted by atomic mass is 10.1. The van der Waals surface area contributed by atoms with Crippen molar-refractivity contribution in [3.05, 3.63) is 0 Å². The van der Waals surface area contributed by atoms with Crippen LogP contribution in [-0.4, -0.2) is 41.4 Å². The first kappa shape index (κ1) is 15.2. The van der Waals surface area contributed by atoms with Crippen molar-refractivity contribution in [2.75, 3.05) is 6.54 Å². The van der Waals surface area contributed by atoms with Crippen molar-refractivity contribution in [3.63, 3.8) is 0 Å². The summed E-state index contributed by atoms with van der Waals surface area (Å²) in [4.78, 5) is 10.7. The first-order valence-electron chi connectivity index (χ1n) is 4.21. The van der Waals surface area contributed by atoms with E-state index in [4.69, 9.17) is 5.11 Å². The van der Waals surface area contributed by atoms with E-state index in [9.17, 15) is 26.4 Å². The van der Waals surface area contributed by atoms with E-state index < -0.39 is 33.6 Å². The van der Waals surface area contributed by atoms with E-state index >= 15 is 0 Å². The Labute approximate surface area is 90.9 Å². The van der Waals surface area contributed by atoms with Crippen LogP contribution in [0.1, 0.15) is 20.8 Å². The summed E-state index contributed by atoms with van der Waals surface area (Å²) in [6, 6.07) is 0. The maximum atomic E-state index is 12.2. The van der Waals surface area contributed by atoms with Crippen LogP contribution in [0.2, 0.25) is 0 Å². The molecule has 0 saturated carbocycles. The molecule has 0 spiro atoms. The maximum absolute atomic E-state index is 12.2. The van der Waals surface area contributed by atoms with Crippen LogP contribution in [0.5, 0.6) is 0 Å². The van der Waals surface area contributed by atoms with Crippen LogP contribution >= 0.6 is 0 Å². The third-order valence-corrected chi connectivity index (χ3v) is 3.90. The van der Waals surface area contributed by atoms with Gasteiger partial charge in [0.15, 0.2) is 0 Å². The number of hydrogen-bond acceptors (Lipinski definition) is 3. The minimum absolute atomic E-state index is 0.0949. The Morgan fingerprint density at radius 1 is 1.31 bits per heavy atom. The molecule has 0 fully saturated rings. The summed E-state index contributed by atoms with van der Waals surface area (Å²) < 4.78 is 58.8. The molecule has 0 bridgehead atoms. The van der Waals surface area contributed by atoms with E-state index in [2.05, 4.69) is 0 Å². The third kappa shape index (κ3) is 2.46. The van der Waals surface area contributed by atoms with Crippen molar-refractivity contribution < 1.29 is 31.5 Å². The van der Waals surface area contributed by atoms with E-state index in [-0.39, 0.29) is 4.31 Å². The summed E-state index contributed by atoms with van der Waals surface area (Å²) >= 11 is 0. The van der Waals surface area contributed by atoms with Gasteiger partial charge >= 0.3 is 21.5 Å². The Balaban J connectivity index is 5.59. The molecule has 0 aliphatic heterocycles. The van der Waals surface area contributed by atoms with Gasteiger partial charge in [-0.15, -0.1) is 0 Å². The van der Waals surface area contributed by atoms with Crippen LogP contribution in [0.3, 0.4) is 0 Å². The molecule has 0 radical (unpaired) electrons. The smallest absolute Gasteiger partial charge is 0.480 e. The van der Waals surface area contributed by atoms with Crippen molar-refractivity contribution >= 4 is 16.0 Å². The molecule has 5 nitrogen and oxygen atoms in total. The molecule has 0 atom stereocenters. The Morgan fingerprint density at radius 3 is 1.88 bits per heavy atom. The second kappa shape index (κ2) is 4.21. The van der Waals surface area contributed by atoms with Gasteiger partial charge in [0.1, 0.15) is 5.54 Å². The fraction of sp³-hybridized carbons (Fsp3) is 0.857. The first-order valence-corrected chi connectivity index (χ1v) is 5.65. The number of likely N-dealkylation sites (N-methyl/N-ethyl adjacent to an activating group) is 1. The molecule has 0 unspecified atom stereocenters. The van der Waals surface area contributed by atoms with Crippen LogP contribution in [0, 0.1) is 0 Å². The summed E-state index contributed by atoms with van der Waals surface area (Å²) in [7, 11) is -5.64. The van der Waals surface area contributed by atoms with E-state index in [0.29, 0.717) is 0 Å². The van der Waals surface area contributed by atoms with E-state index in [1.54, 1.807) is 0 Å². The Morgan fingerprint density at radius 2 is 1.69 bits per heavy atom. The lowest BCUT2D eigenvalue weighted by molar-refractivity contribution is -0.146. The van der Waals surface area contributed by atoms with Crippen LogP contribution in [0.15, 0.2) is 0 Å². The molecule has 1 N–H and O–H groups in total. The Bertz CT molecular complexity index is 374. The molecule has 0 aromatic rings. The van der Waals surface area contributed by atoms with Crippen LogP contribution in [0.4, 0.5) is 13.2 Å². The number of carboxylic acid groups (broad SMARTS) is 1. The second-order valence-electron chi connectivity index (χ2n) is 3.48. The fourth-order valence-corrected chi connectivity index (χ4v) is 2.37. The molecule has 0 rings (SSSR count). The molecule has 0 aliphatic carbocycles. The van der Waals surface area contributed by atoms with Gasteiger partial charge in [0.2, 0.25) is 0 Å². The van der Waals surface area contributed by atoms with Gasteiger partial charge in [-0.3, -0.25) is 4.79 Å². The van der Waals surface area contributed by atoms with Crippen LogP contribution in [0.25, 0.3) is 0 Å². The summed E-state index contributed by atoms with van der Waals surface area (Å²) in [6.45, 7) is 2.33.